The molecule has 0 saturated carbocycles. The highest BCUT2D eigenvalue weighted by molar-refractivity contribution is 7.99. The highest BCUT2D eigenvalue weighted by Crippen LogP contribution is 2.23. The molecular weight excluding hydrogens is 204 g/mol. The van der Waals surface area contributed by atoms with Crippen LogP contribution in [0.15, 0.2) is 24.3 Å². The van der Waals surface area contributed by atoms with Gasteiger partial charge in [0, 0.05) is 17.9 Å². The lowest BCUT2D eigenvalue weighted by Gasteiger charge is -2.22. The standard InChI is InChI=1S/C12H18N2S/c13-11-2-1-3-12(8-11)14-9-10-4-6-15-7-5-10/h1-3,8,10,14H,4-7,9,13H2. The first-order valence-corrected chi connectivity index (χ1v) is 6.67. The van der Waals surface area contributed by atoms with Crippen LogP contribution in [0.3, 0.4) is 0 Å². The number of nitrogens with one attached hydrogen (secondary N) is 1. The number of thioether (sulfide) groups is 1. The van der Waals surface area contributed by atoms with Gasteiger partial charge >= 0.3 is 0 Å². The van der Waals surface area contributed by atoms with Crippen LogP contribution in [0.1, 0.15) is 12.8 Å². The molecule has 0 aliphatic carbocycles. The van der Waals surface area contributed by atoms with Crippen LogP contribution >= 0.6 is 11.8 Å². The van der Waals surface area contributed by atoms with Crippen molar-refractivity contribution in [2.75, 3.05) is 29.1 Å². The Balaban J connectivity index is 1.81. The van der Waals surface area contributed by atoms with E-state index in [9.17, 15) is 0 Å². The average Bonchev–Trinajstić information content (AvgIpc) is 2.28. The first-order valence-electron chi connectivity index (χ1n) is 5.52. The summed E-state index contributed by atoms with van der Waals surface area (Å²) in [4.78, 5) is 0. The Morgan fingerprint density at radius 1 is 1.33 bits per heavy atom. The zero-order valence-electron chi connectivity index (χ0n) is 8.91. The lowest BCUT2D eigenvalue weighted by atomic mass is 10.0. The minimum atomic E-state index is 0.833. The van der Waals surface area contributed by atoms with Crippen LogP contribution in [0, 0.1) is 5.92 Å². The maximum absolute atomic E-state index is 5.72. The minimum Gasteiger partial charge on any atom is -0.399 e. The maximum atomic E-state index is 5.72. The number of hydrogen-bond donors (Lipinski definition) is 2. The monoisotopic (exact) mass is 222 g/mol. The van der Waals surface area contributed by atoms with Crippen molar-refractivity contribution in [3.05, 3.63) is 24.3 Å². The molecule has 1 fully saturated rings. The van der Waals surface area contributed by atoms with Gasteiger partial charge in [-0.3, -0.25) is 0 Å². The normalized spacial score (nSPS) is 17.6. The van der Waals surface area contributed by atoms with Gasteiger partial charge in [0.05, 0.1) is 0 Å². The Kier molecular flexibility index (Phi) is 3.78. The summed E-state index contributed by atoms with van der Waals surface area (Å²) >= 11 is 2.07. The van der Waals surface area contributed by atoms with Gasteiger partial charge in [0.1, 0.15) is 0 Å². The Morgan fingerprint density at radius 2 is 2.13 bits per heavy atom. The molecule has 3 heteroatoms. The van der Waals surface area contributed by atoms with E-state index >= 15 is 0 Å². The number of nitrogen functional groups attached to an aromatic ring is 1. The Morgan fingerprint density at radius 3 is 2.87 bits per heavy atom. The fourth-order valence-corrected chi connectivity index (χ4v) is 3.07. The maximum Gasteiger partial charge on any atom is 0.0360 e. The first kappa shape index (κ1) is 10.7. The molecule has 0 atom stereocenters. The van der Waals surface area contributed by atoms with E-state index in [0.29, 0.717) is 0 Å². The largest absolute Gasteiger partial charge is 0.399 e. The summed E-state index contributed by atoms with van der Waals surface area (Å²) in [6.07, 6.45) is 2.69. The fourth-order valence-electron chi connectivity index (χ4n) is 1.86. The van der Waals surface area contributed by atoms with Gasteiger partial charge in [-0.1, -0.05) is 6.07 Å². The third-order valence-corrected chi connectivity index (χ3v) is 3.87. The summed E-state index contributed by atoms with van der Waals surface area (Å²) in [5.41, 5.74) is 7.70. The molecule has 1 aromatic rings. The van der Waals surface area contributed by atoms with Crippen LogP contribution in [-0.4, -0.2) is 18.1 Å². The number of nitrogens with two attached hydrogens (primary N) is 1. The molecule has 0 unspecified atom stereocenters. The summed E-state index contributed by atoms with van der Waals surface area (Å²) in [5.74, 6) is 3.49. The van der Waals surface area contributed by atoms with Gasteiger partial charge in [0.15, 0.2) is 0 Å². The van der Waals surface area contributed by atoms with Crippen LogP contribution in [0.5, 0.6) is 0 Å². The quantitative estimate of drug-likeness (QED) is 0.772. The summed E-state index contributed by atoms with van der Waals surface area (Å²) < 4.78 is 0. The number of anilines is 2. The number of rotatable bonds is 3. The Bertz CT molecular complexity index is 308. The number of benzene rings is 1. The van der Waals surface area contributed by atoms with Gasteiger partial charge in [-0.05, 0) is 48.5 Å². The minimum absolute atomic E-state index is 0.833. The molecule has 0 radical (unpaired) electrons. The van der Waals surface area contributed by atoms with Gasteiger partial charge in [-0.2, -0.15) is 11.8 Å². The Labute approximate surface area is 95.6 Å². The molecule has 2 nitrogen and oxygen atoms in total. The molecule has 0 aromatic heterocycles. The highest BCUT2D eigenvalue weighted by Gasteiger charge is 2.12. The van der Waals surface area contributed by atoms with Crippen LogP contribution in [0.4, 0.5) is 11.4 Å². The topological polar surface area (TPSA) is 38.0 Å². The molecule has 0 bridgehead atoms. The predicted octanol–water partition coefficient (Wildman–Crippen LogP) is 2.82. The lowest BCUT2D eigenvalue weighted by Crippen LogP contribution is -2.19. The molecular formula is C12H18N2S. The van der Waals surface area contributed by atoms with Crippen molar-refractivity contribution in [3.63, 3.8) is 0 Å². The molecule has 1 aliphatic rings. The highest BCUT2D eigenvalue weighted by atomic mass is 32.2. The summed E-state index contributed by atoms with van der Waals surface area (Å²) in [7, 11) is 0. The van der Waals surface area contributed by atoms with Crippen molar-refractivity contribution in [3.8, 4) is 0 Å². The third-order valence-electron chi connectivity index (χ3n) is 2.82. The average molecular weight is 222 g/mol. The predicted molar refractivity (Wildman–Crippen MR) is 69.4 cm³/mol. The van der Waals surface area contributed by atoms with E-state index < -0.39 is 0 Å². The molecule has 3 N–H and O–H groups in total. The van der Waals surface area contributed by atoms with E-state index in [2.05, 4.69) is 23.1 Å². The first-order chi connectivity index (χ1) is 7.34. The zero-order valence-corrected chi connectivity index (χ0v) is 9.72. The van der Waals surface area contributed by atoms with Gasteiger partial charge in [-0.15, -0.1) is 0 Å². The second-order valence-electron chi connectivity index (χ2n) is 4.06. The van der Waals surface area contributed by atoms with Gasteiger partial charge in [0.25, 0.3) is 0 Å². The number of hydrogen-bond acceptors (Lipinski definition) is 3. The fraction of sp³-hybridized carbons (Fsp3) is 0.500. The van der Waals surface area contributed by atoms with Crippen molar-refractivity contribution < 1.29 is 0 Å². The van der Waals surface area contributed by atoms with E-state index in [4.69, 9.17) is 5.73 Å². The summed E-state index contributed by atoms with van der Waals surface area (Å²) in [6.45, 7) is 1.09. The van der Waals surface area contributed by atoms with Crippen LogP contribution < -0.4 is 11.1 Å². The van der Waals surface area contributed by atoms with Crippen LogP contribution in [-0.2, 0) is 0 Å². The van der Waals surface area contributed by atoms with Crippen molar-refractivity contribution in [1.82, 2.24) is 0 Å². The zero-order chi connectivity index (χ0) is 10.5. The second-order valence-corrected chi connectivity index (χ2v) is 5.29. The summed E-state index contributed by atoms with van der Waals surface area (Å²) in [6, 6.07) is 7.99. The molecule has 1 saturated heterocycles. The molecule has 2 rings (SSSR count). The van der Waals surface area contributed by atoms with E-state index in [1.165, 1.54) is 24.3 Å². The van der Waals surface area contributed by atoms with Crippen molar-refractivity contribution in [2.24, 2.45) is 5.92 Å². The second kappa shape index (κ2) is 5.31. The lowest BCUT2D eigenvalue weighted by molar-refractivity contribution is 0.516. The van der Waals surface area contributed by atoms with E-state index in [1.807, 2.05) is 18.2 Å². The van der Waals surface area contributed by atoms with Crippen molar-refractivity contribution in [2.45, 2.75) is 12.8 Å². The molecule has 0 amide bonds. The third kappa shape index (κ3) is 3.34. The van der Waals surface area contributed by atoms with E-state index in [0.717, 1.165) is 23.8 Å². The SMILES string of the molecule is Nc1cccc(NCC2CCSCC2)c1. The van der Waals surface area contributed by atoms with Crippen molar-refractivity contribution in [1.29, 1.82) is 0 Å². The molecule has 1 heterocycles. The van der Waals surface area contributed by atoms with Crippen LogP contribution in [0.2, 0.25) is 0 Å². The van der Waals surface area contributed by atoms with E-state index in [-0.39, 0.29) is 0 Å². The molecule has 15 heavy (non-hydrogen) atoms. The van der Waals surface area contributed by atoms with Gasteiger partial charge < -0.3 is 11.1 Å². The van der Waals surface area contributed by atoms with Crippen molar-refractivity contribution >= 4 is 23.1 Å². The Hall–Kier alpha value is -0.830. The smallest absolute Gasteiger partial charge is 0.0360 e. The summed E-state index contributed by atoms with van der Waals surface area (Å²) in [5, 5.41) is 3.47. The van der Waals surface area contributed by atoms with E-state index in [1.54, 1.807) is 0 Å². The molecule has 1 aliphatic heterocycles. The van der Waals surface area contributed by atoms with Gasteiger partial charge in [0.2, 0.25) is 0 Å². The molecule has 0 spiro atoms. The van der Waals surface area contributed by atoms with Crippen LogP contribution in [0.25, 0.3) is 0 Å². The molecule has 1 aromatic carbocycles. The van der Waals surface area contributed by atoms with Gasteiger partial charge in [-0.25, -0.2) is 0 Å². The molecule has 82 valence electrons.